The molecule has 1 aromatic carbocycles. The maximum absolute atomic E-state index is 10.7. The van der Waals surface area contributed by atoms with Crippen LogP contribution in [0.15, 0.2) is 24.3 Å². The van der Waals surface area contributed by atoms with Crippen molar-refractivity contribution in [1.82, 2.24) is 4.90 Å². The van der Waals surface area contributed by atoms with Crippen LogP contribution < -0.4 is 0 Å². The van der Waals surface area contributed by atoms with E-state index in [0.29, 0.717) is 13.1 Å². The number of hydrogen-bond donors (Lipinski definition) is 1. The maximum Gasteiger partial charge on any atom is 0.309 e. The Bertz CT molecular complexity index is 416. The summed E-state index contributed by atoms with van der Waals surface area (Å²) in [5, 5.41) is 8.79. The van der Waals surface area contributed by atoms with Crippen molar-refractivity contribution in [2.45, 2.75) is 25.3 Å². The Hall–Kier alpha value is -1.35. The van der Waals surface area contributed by atoms with Gasteiger partial charge in [-0.15, -0.1) is 0 Å². The van der Waals surface area contributed by atoms with Crippen LogP contribution in [0.2, 0.25) is 0 Å². The molecule has 0 bridgehead atoms. The summed E-state index contributed by atoms with van der Waals surface area (Å²) >= 11 is 0. The highest BCUT2D eigenvalue weighted by atomic mass is 16.4. The molecule has 0 atom stereocenters. The number of likely N-dealkylation sites (tertiary alicyclic amines) is 1. The van der Waals surface area contributed by atoms with E-state index in [1.807, 2.05) is 0 Å². The zero-order valence-electron chi connectivity index (χ0n) is 9.80. The first kappa shape index (κ1) is 10.8. The molecule has 0 radical (unpaired) electrons. The lowest BCUT2D eigenvalue weighted by Gasteiger charge is -2.36. The fourth-order valence-electron chi connectivity index (χ4n) is 2.43. The van der Waals surface area contributed by atoms with Crippen molar-refractivity contribution in [3.8, 4) is 0 Å². The van der Waals surface area contributed by atoms with Crippen molar-refractivity contribution < 1.29 is 9.90 Å². The summed E-state index contributed by atoms with van der Waals surface area (Å²) in [7, 11) is 0. The Labute approximate surface area is 101 Å². The van der Waals surface area contributed by atoms with Gasteiger partial charge in [-0.3, -0.25) is 9.69 Å². The predicted molar refractivity (Wildman–Crippen MR) is 64.8 cm³/mol. The van der Waals surface area contributed by atoms with E-state index in [-0.39, 0.29) is 5.92 Å². The molecule has 2 fully saturated rings. The molecule has 90 valence electrons. The predicted octanol–water partition coefficient (Wildman–Crippen LogP) is 2.08. The van der Waals surface area contributed by atoms with E-state index in [2.05, 4.69) is 29.2 Å². The second kappa shape index (κ2) is 4.15. The minimum atomic E-state index is -0.662. The van der Waals surface area contributed by atoms with Gasteiger partial charge in [0.15, 0.2) is 0 Å². The van der Waals surface area contributed by atoms with Crippen molar-refractivity contribution in [2.24, 2.45) is 5.92 Å². The van der Waals surface area contributed by atoms with Crippen molar-refractivity contribution in [2.75, 3.05) is 13.1 Å². The summed E-state index contributed by atoms with van der Waals surface area (Å²) in [4.78, 5) is 12.9. The second-order valence-corrected chi connectivity index (χ2v) is 5.25. The van der Waals surface area contributed by atoms with E-state index in [0.717, 1.165) is 12.5 Å². The number of carbonyl (C=O) groups is 1. The summed E-state index contributed by atoms with van der Waals surface area (Å²) < 4.78 is 0. The number of benzene rings is 1. The molecule has 0 amide bonds. The SMILES string of the molecule is O=C(O)C1CN(Cc2ccc(C3CC3)cc2)C1. The van der Waals surface area contributed by atoms with Crippen LogP contribution >= 0.6 is 0 Å². The first-order valence-corrected chi connectivity index (χ1v) is 6.26. The third kappa shape index (κ3) is 2.34. The molecule has 0 unspecified atom stereocenters. The van der Waals surface area contributed by atoms with E-state index in [9.17, 15) is 4.79 Å². The molecule has 2 aliphatic rings. The maximum atomic E-state index is 10.7. The quantitative estimate of drug-likeness (QED) is 0.862. The standard InChI is InChI=1S/C14H17NO2/c16-14(17)13-8-15(9-13)7-10-1-3-11(4-2-10)12-5-6-12/h1-4,12-13H,5-9H2,(H,16,17). The van der Waals surface area contributed by atoms with Gasteiger partial charge >= 0.3 is 5.97 Å². The van der Waals surface area contributed by atoms with Gasteiger partial charge in [0.2, 0.25) is 0 Å². The summed E-state index contributed by atoms with van der Waals surface area (Å²) in [6, 6.07) is 8.81. The number of hydrogen-bond acceptors (Lipinski definition) is 2. The molecule has 0 spiro atoms. The van der Waals surface area contributed by atoms with E-state index >= 15 is 0 Å². The van der Waals surface area contributed by atoms with Gasteiger partial charge < -0.3 is 5.11 Å². The summed E-state index contributed by atoms with van der Waals surface area (Å²) in [5.74, 6) is -0.00415. The van der Waals surface area contributed by atoms with E-state index in [4.69, 9.17) is 5.11 Å². The van der Waals surface area contributed by atoms with Crippen molar-refractivity contribution in [1.29, 1.82) is 0 Å². The van der Waals surface area contributed by atoms with Crippen molar-refractivity contribution >= 4 is 5.97 Å². The molecule has 0 aromatic heterocycles. The molecule has 3 heteroatoms. The Morgan fingerprint density at radius 2 is 1.88 bits per heavy atom. The number of carboxylic acids is 1. The van der Waals surface area contributed by atoms with Crippen LogP contribution in [0, 0.1) is 5.92 Å². The van der Waals surface area contributed by atoms with Gasteiger partial charge in [-0.2, -0.15) is 0 Å². The first-order valence-electron chi connectivity index (χ1n) is 6.26. The minimum absolute atomic E-state index is 0.152. The van der Waals surface area contributed by atoms with Crippen LogP contribution in [-0.4, -0.2) is 29.1 Å². The third-order valence-corrected chi connectivity index (χ3v) is 3.74. The monoisotopic (exact) mass is 231 g/mol. The molecule has 3 rings (SSSR count). The number of aliphatic carboxylic acids is 1. The number of carboxylic acid groups (broad SMARTS) is 1. The smallest absolute Gasteiger partial charge is 0.309 e. The van der Waals surface area contributed by atoms with Gasteiger partial charge in [0.05, 0.1) is 5.92 Å². The fraction of sp³-hybridized carbons (Fsp3) is 0.500. The van der Waals surface area contributed by atoms with Crippen LogP contribution in [0.25, 0.3) is 0 Å². The van der Waals surface area contributed by atoms with Crippen molar-refractivity contribution in [3.63, 3.8) is 0 Å². The molecule has 1 saturated heterocycles. The molecule has 1 aliphatic heterocycles. The summed E-state index contributed by atoms with van der Waals surface area (Å²) in [5.41, 5.74) is 2.75. The Morgan fingerprint density at radius 1 is 1.24 bits per heavy atom. The van der Waals surface area contributed by atoms with Crippen LogP contribution in [0.1, 0.15) is 29.9 Å². The lowest BCUT2D eigenvalue weighted by atomic mass is 9.99. The zero-order valence-corrected chi connectivity index (χ0v) is 9.80. The molecule has 1 aliphatic carbocycles. The van der Waals surface area contributed by atoms with Crippen LogP contribution in [0.5, 0.6) is 0 Å². The van der Waals surface area contributed by atoms with Gasteiger partial charge in [0, 0.05) is 19.6 Å². The minimum Gasteiger partial charge on any atom is -0.481 e. The Balaban J connectivity index is 1.53. The molecule has 1 N–H and O–H groups in total. The number of rotatable bonds is 4. The summed E-state index contributed by atoms with van der Waals surface area (Å²) in [6.07, 6.45) is 2.68. The fourth-order valence-corrected chi connectivity index (χ4v) is 2.43. The van der Waals surface area contributed by atoms with Gasteiger partial charge in [0.25, 0.3) is 0 Å². The largest absolute Gasteiger partial charge is 0.481 e. The zero-order chi connectivity index (χ0) is 11.8. The van der Waals surface area contributed by atoms with Gasteiger partial charge in [-0.1, -0.05) is 24.3 Å². The van der Waals surface area contributed by atoms with E-state index in [1.165, 1.54) is 24.0 Å². The lowest BCUT2D eigenvalue weighted by molar-refractivity contribution is -0.147. The second-order valence-electron chi connectivity index (χ2n) is 5.25. The van der Waals surface area contributed by atoms with Gasteiger partial charge in [-0.05, 0) is 29.9 Å². The van der Waals surface area contributed by atoms with Crippen LogP contribution in [0.3, 0.4) is 0 Å². The molecule has 3 nitrogen and oxygen atoms in total. The third-order valence-electron chi connectivity index (χ3n) is 3.74. The highest BCUT2D eigenvalue weighted by Crippen LogP contribution is 2.39. The molecular weight excluding hydrogens is 214 g/mol. The molecule has 1 saturated carbocycles. The molecule has 17 heavy (non-hydrogen) atoms. The normalized spacial score (nSPS) is 21.2. The molecular formula is C14H17NO2. The average Bonchev–Trinajstić information content (AvgIpc) is 3.07. The highest BCUT2D eigenvalue weighted by molar-refractivity contribution is 5.71. The molecule has 1 heterocycles. The van der Waals surface area contributed by atoms with E-state index < -0.39 is 5.97 Å². The first-order chi connectivity index (χ1) is 8.22. The van der Waals surface area contributed by atoms with Crippen molar-refractivity contribution in [3.05, 3.63) is 35.4 Å². The molecule has 1 aromatic rings. The average molecular weight is 231 g/mol. The van der Waals surface area contributed by atoms with Gasteiger partial charge in [-0.25, -0.2) is 0 Å². The van der Waals surface area contributed by atoms with Crippen LogP contribution in [-0.2, 0) is 11.3 Å². The van der Waals surface area contributed by atoms with E-state index in [1.54, 1.807) is 0 Å². The topological polar surface area (TPSA) is 40.5 Å². The Morgan fingerprint density at radius 3 is 2.41 bits per heavy atom. The highest BCUT2D eigenvalue weighted by Gasteiger charge is 2.32. The number of nitrogens with zero attached hydrogens (tertiary/aromatic N) is 1. The van der Waals surface area contributed by atoms with Crippen LogP contribution in [0.4, 0.5) is 0 Å². The lowest BCUT2D eigenvalue weighted by Crippen LogP contribution is -2.49. The van der Waals surface area contributed by atoms with Gasteiger partial charge in [0.1, 0.15) is 0 Å². The summed E-state index contributed by atoms with van der Waals surface area (Å²) in [6.45, 7) is 2.27. The Kier molecular flexibility index (Phi) is 2.63.